The Morgan fingerprint density at radius 1 is 1.22 bits per heavy atom. The minimum atomic E-state index is -0.0801. The second kappa shape index (κ2) is 6.16. The monoisotopic (exact) mass is 309 g/mol. The van der Waals surface area contributed by atoms with Gasteiger partial charge in [-0.2, -0.15) is 5.10 Å². The first-order valence-corrected chi connectivity index (χ1v) is 7.53. The maximum Gasteiger partial charge on any atom is 0.272 e. The molecular weight excluding hydrogens is 290 g/mol. The van der Waals surface area contributed by atoms with E-state index in [1.54, 1.807) is 34.9 Å². The van der Waals surface area contributed by atoms with Gasteiger partial charge in [-0.15, -0.1) is 0 Å². The Morgan fingerprint density at radius 3 is 2.70 bits per heavy atom. The van der Waals surface area contributed by atoms with Crippen molar-refractivity contribution in [2.45, 2.75) is 20.3 Å². The first kappa shape index (κ1) is 15.1. The van der Waals surface area contributed by atoms with Crippen molar-refractivity contribution in [2.75, 3.05) is 13.6 Å². The fraction of sp³-hybridized carbons (Fsp3) is 0.294. The van der Waals surface area contributed by atoms with Crippen LogP contribution in [0, 0.1) is 13.8 Å². The van der Waals surface area contributed by atoms with Crippen LogP contribution in [0.4, 0.5) is 0 Å². The average Bonchev–Trinajstić information content (AvgIpc) is 2.94. The fourth-order valence-electron chi connectivity index (χ4n) is 2.49. The molecular formula is C17H19N5O. The summed E-state index contributed by atoms with van der Waals surface area (Å²) in [5, 5.41) is 4.36. The second-order valence-electron chi connectivity index (χ2n) is 5.67. The predicted octanol–water partition coefficient (Wildman–Crippen LogP) is 2.06. The number of carbonyl (C=O) groups excluding carboxylic acids is 1. The van der Waals surface area contributed by atoms with Crippen LogP contribution >= 0.6 is 0 Å². The van der Waals surface area contributed by atoms with Crippen LogP contribution in [0.1, 0.15) is 27.4 Å². The molecule has 0 aliphatic rings. The van der Waals surface area contributed by atoms with Gasteiger partial charge >= 0.3 is 0 Å². The highest BCUT2D eigenvalue weighted by Crippen LogP contribution is 2.11. The highest BCUT2D eigenvalue weighted by Gasteiger charge is 2.15. The van der Waals surface area contributed by atoms with E-state index in [1.807, 2.05) is 32.0 Å². The molecule has 0 bridgehead atoms. The van der Waals surface area contributed by atoms with Crippen molar-refractivity contribution < 1.29 is 4.79 Å². The Hall–Kier alpha value is -2.76. The van der Waals surface area contributed by atoms with Crippen molar-refractivity contribution in [3.05, 3.63) is 59.3 Å². The molecule has 3 heterocycles. The lowest BCUT2D eigenvalue weighted by molar-refractivity contribution is 0.0791. The number of aromatic nitrogens is 4. The van der Waals surface area contributed by atoms with E-state index in [9.17, 15) is 4.79 Å². The molecule has 0 spiro atoms. The van der Waals surface area contributed by atoms with Gasteiger partial charge in [-0.3, -0.25) is 9.78 Å². The molecule has 0 saturated carbocycles. The zero-order chi connectivity index (χ0) is 16.4. The number of pyridine rings is 1. The summed E-state index contributed by atoms with van der Waals surface area (Å²) in [7, 11) is 1.80. The summed E-state index contributed by atoms with van der Waals surface area (Å²) < 4.78 is 1.75. The van der Waals surface area contributed by atoms with E-state index < -0.39 is 0 Å². The Bertz CT molecular complexity index is 841. The number of aryl methyl sites for hydroxylation is 2. The standard InChI is InChI=1S/C17H19N5O/c1-12-10-16-19-15(11-13(2)22(16)20-12)17(23)21(3)9-6-14-4-7-18-8-5-14/h4-5,7-8,10-11H,6,9H2,1-3H3. The van der Waals surface area contributed by atoms with Crippen LogP contribution in [-0.2, 0) is 6.42 Å². The van der Waals surface area contributed by atoms with E-state index in [0.717, 1.165) is 23.4 Å². The normalized spacial score (nSPS) is 10.9. The van der Waals surface area contributed by atoms with Gasteiger partial charge in [0, 0.05) is 37.7 Å². The molecule has 0 aliphatic carbocycles. The Kier molecular flexibility index (Phi) is 4.06. The third kappa shape index (κ3) is 3.21. The van der Waals surface area contributed by atoms with Crippen LogP contribution in [0.25, 0.3) is 5.65 Å². The van der Waals surface area contributed by atoms with Gasteiger partial charge in [-0.05, 0) is 44.0 Å². The number of carbonyl (C=O) groups is 1. The summed E-state index contributed by atoms with van der Waals surface area (Å²) in [4.78, 5) is 22.7. The third-order valence-corrected chi connectivity index (χ3v) is 3.78. The first-order chi connectivity index (χ1) is 11.0. The molecule has 3 aromatic heterocycles. The number of hydrogen-bond acceptors (Lipinski definition) is 4. The quantitative estimate of drug-likeness (QED) is 0.740. The smallest absolute Gasteiger partial charge is 0.272 e. The molecule has 23 heavy (non-hydrogen) atoms. The largest absolute Gasteiger partial charge is 0.340 e. The number of likely N-dealkylation sites (N-methyl/N-ethyl adjacent to an activating group) is 1. The fourth-order valence-corrected chi connectivity index (χ4v) is 2.49. The molecule has 0 unspecified atom stereocenters. The van der Waals surface area contributed by atoms with Gasteiger partial charge in [0.15, 0.2) is 5.65 Å². The van der Waals surface area contributed by atoms with Crippen molar-refractivity contribution in [1.82, 2.24) is 24.5 Å². The SMILES string of the molecule is Cc1cc2nc(C(=O)N(C)CCc3ccncc3)cc(C)n2n1. The zero-order valence-corrected chi connectivity index (χ0v) is 13.5. The molecule has 0 saturated heterocycles. The van der Waals surface area contributed by atoms with Crippen molar-refractivity contribution >= 4 is 11.6 Å². The van der Waals surface area contributed by atoms with Gasteiger partial charge in [-0.1, -0.05) is 0 Å². The van der Waals surface area contributed by atoms with E-state index in [-0.39, 0.29) is 5.91 Å². The molecule has 118 valence electrons. The number of nitrogens with zero attached hydrogens (tertiary/aromatic N) is 5. The zero-order valence-electron chi connectivity index (χ0n) is 13.5. The molecule has 0 N–H and O–H groups in total. The Balaban J connectivity index is 1.76. The van der Waals surface area contributed by atoms with Gasteiger partial charge in [0.1, 0.15) is 5.69 Å². The van der Waals surface area contributed by atoms with Crippen LogP contribution in [0.5, 0.6) is 0 Å². The summed E-state index contributed by atoms with van der Waals surface area (Å²) in [5.74, 6) is -0.0801. The molecule has 3 rings (SSSR count). The van der Waals surface area contributed by atoms with Crippen LogP contribution in [0.3, 0.4) is 0 Å². The van der Waals surface area contributed by atoms with E-state index >= 15 is 0 Å². The van der Waals surface area contributed by atoms with Crippen molar-refractivity contribution in [3.63, 3.8) is 0 Å². The van der Waals surface area contributed by atoms with Crippen molar-refractivity contribution in [1.29, 1.82) is 0 Å². The summed E-state index contributed by atoms with van der Waals surface area (Å²) in [6, 6.07) is 7.58. The summed E-state index contributed by atoms with van der Waals surface area (Å²) in [6.07, 6.45) is 4.31. The van der Waals surface area contributed by atoms with E-state index in [1.165, 1.54) is 0 Å². The highest BCUT2D eigenvalue weighted by atomic mass is 16.2. The van der Waals surface area contributed by atoms with Gasteiger partial charge in [-0.25, -0.2) is 9.50 Å². The topological polar surface area (TPSA) is 63.4 Å². The Morgan fingerprint density at radius 2 is 1.96 bits per heavy atom. The first-order valence-electron chi connectivity index (χ1n) is 7.53. The molecule has 6 nitrogen and oxygen atoms in total. The Labute approximate surface area is 134 Å². The van der Waals surface area contributed by atoms with Gasteiger partial charge in [0.2, 0.25) is 0 Å². The van der Waals surface area contributed by atoms with Gasteiger partial charge in [0.25, 0.3) is 5.91 Å². The molecule has 0 fully saturated rings. The summed E-state index contributed by atoms with van der Waals surface area (Å²) in [6.45, 7) is 4.47. The van der Waals surface area contributed by atoms with Crippen LogP contribution in [0.2, 0.25) is 0 Å². The van der Waals surface area contributed by atoms with Crippen molar-refractivity contribution in [3.8, 4) is 0 Å². The molecule has 6 heteroatoms. The second-order valence-corrected chi connectivity index (χ2v) is 5.67. The lowest BCUT2D eigenvalue weighted by Crippen LogP contribution is -2.29. The number of fused-ring (bicyclic) bond motifs is 1. The van der Waals surface area contributed by atoms with Crippen LogP contribution < -0.4 is 0 Å². The van der Waals surface area contributed by atoms with Crippen LogP contribution in [-0.4, -0.2) is 44.0 Å². The van der Waals surface area contributed by atoms with E-state index in [4.69, 9.17) is 0 Å². The minimum Gasteiger partial charge on any atom is -0.340 e. The highest BCUT2D eigenvalue weighted by molar-refractivity contribution is 5.92. The lowest BCUT2D eigenvalue weighted by Gasteiger charge is -2.17. The number of hydrogen-bond donors (Lipinski definition) is 0. The molecule has 3 aromatic rings. The van der Waals surface area contributed by atoms with Gasteiger partial charge < -0.3 is 4.90 Å². The number of rotatable bonds is 4. The van der Waals surface area contributed by atoms with E-state index in [2.05, 4.69) is 15.1 Å². The molecule has 1 amide bonds. The number of amides is 1. The molecule has 0 radical (unpaired) electrons. The predicted molar refractivity (Wildman–Crippen MR) is 87.4 cm³/mol. The maximum absolute atomic E-state index is 12.6. The molecule has 0 atom stereocenters. The van der Waals surface area contributed by atoms with Crippen LogP contribution in [0.15, 0.2) is 36.7 Å². The minimum absolute atomic E-state index is 0.0801. The molecule has 0 aromatic carbocycles. The third-order valence-electron chi connectivity index (χ3n) is 3.78. The van der Waals surface area contributed by atoms with E-state index in [0.29, 0.717) is 17.9 Å². The summed E-state index contributed by atoms with van der Waals surface area (Å²) in [5.41, 5.74) is 4.09. The van der Waals surface area contributed by atoms with Crippen molar-refractivity contribution in [2.24, 2.45) is 0 Å². The molecule has 0 aliphatic heterocycles. The van der Waals surface area contributed by atoms with Gasteiger partial charge in [0.05, 0.1) is 5.69 Å². The average molecular weight is 309 g/mol. The maximum atomic E-state index is 12.6. The lowest BCUT2D eigenvalue weighted by atomic mass is 10.2. The summed E-state index contributed by atoms with van der Waals surface area (Å²) >= 11 is 0.